The minimum Gasteiger partial charge on any atom is -0.341 e. The third-order valence-corrected chi connectivity index (χ3v) is 2.43. The van der Waals surface area contributed by atoms with Gasteiger partial charge in [0.2, 0.25) is 11.8 Å². The van der Waals surface area contributed by atoms with Crippen molar-refractivity contribution >= 4 is 11.8 Å². The average molecular weight is 199 g/mol. The molecule has 2 amide bonds. The Balaban J connectivity index is 2.35. The molecule has 1 aliphatic rings. The molecule has 1 saturated heterocycles. The van der Waals surface area contributed by atoms with E-state index in [4.69, 9.17) is 5.73 Å². The molecule has 5 nitrogen and oxygen atoms in total. The van der Waals surface area contributed by atoms with Crippen molar-refractivity contribution in [3.8, 4) is 0 Å². The second-order valence-corrected chi connectivity index (χ2v) is 3.54. The molecule has 0 aromatic rings. The molecule has 0 radical (unpaired) electrons. The van der Waals surface area contributed by atoms with Crippen LogP contribution in [-0.4, -0.2) is 54.8 Å². The van der Waals surface area contributed by atoms with Gasteiger partial charge >= 0.3 is 0 Å². The zero-order chi connectivity index (χ0) is 10.6. The van der Waals surface area contributed by atoms with Gasteiger partial charge in [0, 0.05) is 20.1 Å². The Hall–Kier alpha value is -1.10. The Kier molecular flexibility index (Phi) is 3.88. The summed E-state index contributed by atoms with van der Waals surface area (Å²) in [6, 6.07) is 0. The van der Waals surface area contributed by atoms with E-state index >= 15 is 0 Å². The number of likely N-dealkylation sites (N-methyl/N-ethyl adjacent to an activating group) is 1. The van der Waals surface area contributed by atoms with E-state index in [0.717, 1.165) is 25.9 Å². The Morgan fingerprint density at radius 2 is 1.93 bits per heavy atom. The average Bonchev–Trinajstić information content (AvgIpc) is 2.69. The van der Waals surface area contributed by atoms with Crippen molar-refractivity contribution < 1.29 is 9.59 Å². The minimum absolute atomic E-state index is 0.0202. The van der Waals surface area contributed by atoms with E-state index < -0.39 is 0 Å². The molecule has 0 bridgehead atoms. The SMILES string of the molecule is CN(CC(=O)N1CCCC1)C(=O)CN. The highest BCUT2D eigenvalue weighted by atomic mass is 16.2. The first-order chi connectivity index (χ1) is 6.65. The van der Waals surface area contributed by atoms with Crippen LogP contribution in [-0.2, 0) is 9.59 Å². The maximum atomic E-state index is 11.6. The molecule has 0 aromatic heterocycles. The van der Waals surface area contributed by atoms with Gasteiger partial charge in [0.1, 0.15) is 0 Å². The lowest BCUT2D eigenvalue weighted by molar-refractivity contribution is -0.138. The number of rotatable bonds is 3. The summed E-state index contributed by atoms with van der Waals surface area (Å²) in [6.45, 7) is 1.76. The largest absolute Gasteiger partial charge is 0.341 e. The van der Waals surface area contributed by atoms with E-state index in [9.17, 15) is 9.59 Å². The van der Waals surface area contributed by atoms with Crippen molar-refractivity contribution in [3.05, 3.63) is 0 Å². The zero-order valence-electron chi connectivity index (χ0n) is 8.53. The molecule has 1 aliphatic heterocycles. The predicted octanol–water partition coefficient (Wildman–Crippen LogP) is -0.974. The first-order valence-corrected chi connectivity index (χ1v) is 4.87. The summed E-state index contributed by atoms with van der Waals surface area (Å²) >= 11 is 0. The number of nitrogens with zero attached hydrogens (tertiary/aromatic N) is 2. The van der Waals surface area contributed by atoms with Gasteiger partial charge in [-0.25, -0.2) is 0 Å². The molecule has 0 aromatic carbocycles. The van der Waals surface area contributed by atoms with E-state index in [0.29, 0.717) is 0 Å². The molecule has 1 fully saturated rings. The van der Waals surface area contributed by atoms with E-state index in [1.54, 1.807) is 11.9 Å². The number of hydrogen-bond acceptors (Lipinski definition) is 3. The molecule has 0 saturated carbocycles. The van der Waals surface area contributed by atoms with E-state index in [-0.39, 0.29) is 24.9 Å². The first kappa shape index (κ1) is 11.0. The third kappa shape index (κ3) is 2.70. The van der Waals surface area contributed by atoms with Crippen LogP contribution in [0.15, 0.2) is 0 Å². The van der Waals surface area contributed by atoms with Gasteiger partial charge < -0.3 is 15.5 Å². The molecule has 5 heteroatoms. The smallest absolute Gasteiger partial charge is 0.242 e. The molecule has 2 N–H and O–H groups in total. The lowest BCUT2D eigenvalue weighted by Gasteiger charge is -2.20. The lowest BCUT2D eigenvalue weighted by Crippen LogP contribution is -2.41. The van der Waals surface area contributed by atoms with Crippen LogP contribution in [0.25, 0.3) is 0 Å². The molecule has 1 heterocycles. The molecular weight excluding hydrogens is 182 g/mol. The molecule has 80 valence electrons. The number of amides is 2. The fraction of sp³-hybridized carbons (Fsp3) is 0.778. The van der Waals surface area contributed by atoms with Crippen LogP contribution in [0.1, 0.15) is 12.8 Å². The minimum atomic E-state index is -0.197. The molecule has 0 aliphatic carbocycles. The molecule has 0 spiro atoms. The van der Waals surface area contributed by atoms with Crippen molar-refractivity contribution in [1.82, 2.24) is 9.80 Å². The molecular formula is C9H17N3O2. The van der Waals surface area contributed by atoms with Crippen LogP contribution in [0.4, 0.5) is 0 Å². The van der Waals surface area contributed by atoms with Crippen molar-refractivity contribution in [3.63, 3.8) is 0 Å². The van der Waals surface area contributed by atoms with Crippen LogP contribution < -0.4 is 5.73 Å². The second-order valence-electron chi connectivity index (χ2n) is 3.54. The number of likely N-dealkylation sites (tertiary alicyclic amines) is 1. The van der Waals surface area contributed by atoms with Crippen LogP contribution in [0, 0.1) is 0 Å². The lowest BCUT2D eigenvalue weighted by atomic mass is 10.4. The van der Waals surface area contributed by atoms with Crippen molar-refractivity contribution in [2.75, 3.05) is 33.2 Å². The third-order valence-electron chi connectivity index (χ3n) is 2.43. The van der Waals surface area contributed by atoms with Gasteiger partial charge in [-0.3, -0.25) is 9.59 Å². The van der Waals surface area contributed by atoms with Gasteiger partial charge in [-0.15, -0.1) is 0 Å². The highest BCUT2D eigenvalue weighted by Crippen LogP contribution is 2.07. The highest BCUT2D eigenvalue weighted by Gasteiger charge is 2.20. The van der Waals surface area contributed by atoms with E-state index in [2.05, 4.69) is 0 Å². The van der Waals surface area contributed by atoms with Crippen molar-refractivity contribution in [2.45, 2.75) is 12.8 Å². The number of hydrogen-bond donors (Lipinski definition) is 1. The van der Waals surface area contributed by atoms with Gasteiger partial charge in [-0.2, -0.15) is 0 Å². The standard InChI is InChI=1S/C9H17N3O2/c1-11(8(13)6-10)7-9(14)12-4-2-3-5-12/h2-7,10H2,1H3. The summed E-state index contributed by atoms with van der Waals surface area (Å²) in [5.41, 5.74) is 5.19. The summed E-state index contributed by atoms with van der Waals surface area (Å²) in [5, 5.41) is 0. The van der Waals surface area contributed by atoms with Crippen LogP contribution in [0.3, 0.4) is 0 Å². The Labute approximate surface area is 83.8 Å². The fourth-order valence-electron chi connectivity index (χ4n) is 1.51. The van der Waals surface area contributed by atoms with Gasteiger partial charge in [0.25, 0.3) is 0 Å². The molecule has 0 unspecified atom stereocenters. The summed E-state index contributed by atoms with van der Waals surface area (Å²) in [6.07, 6.45) is 2.14. The molecule has 14 heavy (non-hydrogen) atoms. The second kappa shape index (κ2) is 4.95. The topological polar surface area (TPSA) is 66.6 Å². The van der Waals surface area contributed by atoms with Gasteiger partial charge in [0.05, 0.1) is 13.1 Å². The van der Waals surface area contributed by atoms with Crippen molar-refractivity contribution in [1.29, 1.82) is 0 Å². The maximum Gasteiger partial charge on any atom is 0.242 e. The normalized spacial score (nSPS) is 15.7. The zero-order valence-corrected chi connectivity index (χ0v) is 8.53. The highest BCUT2D eigenvalue weighted by molar-refractivity contribution is 5.85. The molecule has 1 rings (SSSR count). The number of nitrogens with two attached hydrogens (primary N) is 1. The molecule has 0 atom stereocenters. The van der Waals surface area contributed by atoms with E-state index in [1.165, 1.54) is 4.90 Å². The number of carbonyl (C=O) groups is 2. The summed E-state index contributed by atoms with van der Waals surface area (Å²) in [4.78, 5) is 25.8. The quantitative estimate of drug-likeness (QED) is 0.635. The maximum absolute atomic E-state index is 11.6. The summed E-state index contributed by atoms with van der Waals surface area (Å²) in [5.74, 6) is -0.177. The monoisotopic (exact) mass is 199 g/mol. The van der Waals surface area contributed by atoms with Gasteiger partial charge in [0.15, 0.2) is 0 Å². The van der Waals surface area contributed by atoms with Crippen LogP contribution >= 0.6 is 0 Å². The van der Waals surface area contributed by atoms with Crippen molar-refractivity contribution in [2.24, 2.45) is 5.73 Å². The summed E-state index contributed by atoms with van der Waals surface area (Å²) < 4.78 is 0. The van der Waals surface area contributed by atoms with Crippen LogP contribution in [0.2, 0.25) is 0 Å². The first-order valence-electron chi connectivity index (χ1n) is 4.87. The fourth-order valence-corrected chi connectivity index (χ4v) is 1.51. The number of carbonyl (C=O) groups excluding carboxylic acids is 2. The Bertz CT molecular complexity index is 224. The van der Waals surface area contributed by atoms with Gasteiger partial charge in [-0.1, -0.05) is 0 Å². The van der Waals surface area contributed by atoms with Crippen LogP contribution in [0.5, 0.6) is 0 Å². The van der Waals surface area contributed by atoms with Gasteiger partial charge in [-0.05, 0) is 12.8 Å². The van der Waals surface area contributed by atoms with E-state index in [1.807, 2.05) is 0 Å². The Morgan fingerprint density at radius 3 is 2.43 bits per heavy atom. The predicted molar refractivity (Wildman–Crippen MR) is 52.5 cm³/mol. The summed E-state index contributed by atoms with van der Waals surface area (Å²) in [7, 11) is 1.60. The Morgan fingerprint density at radius 1 is 1.36 bits per heavy atom.